The second-order valence-corrected chi connectivity index (χ2v) is 5.89. The maximum Gasteiger partial charge on any atom is 0.262 e. The average molecular weight is 387 g/mol. The van der Waals surface area contributed by atoms with Crippen LogP contribution < -0.4 is 14.8 Å². The third kappa shape index (κ3) is 5.40. The van der Waals surface area contributed by atoms with Gasteiger partial charge < -0.3 is 19.9 Å². The summed E-state index contributed by atoms with van der Waals surface area (Å²) in [6, 6.07) is 12.1. The van der Waals surface area contributed by atoms with E-state index in [1.165, 1.54) is 18.2 Å². The summed E-state index contributed by atoms with van der Waals surface area (Å²) >= 11 is 5.97. The van der Waals surface area contributed by atoms with E-state index in [1.807, 2.05) is 18.2 Å². The fourth-order valence-electron chi connectivity index (χ4n) is 2.28. The lowest BCUT2D eigenvalue weighted by Crippen LogP contribution is -2.23. The number of nitrogens with one attached hydrogen (secondary N) is 1. The van der Waals surface area contributed by atoms with Crippen molar-refractivity contribution in [3.63, 3.8) is 0 Å². The Morgan fingerprint density at radius 2 is 2.04 bits per heavy atom. The van der Waals surface area contributed by atoms with Crippen molar-refractivity contribution < 1.29 is 19.4 Å². The molecule has 6 nitrogen and oxygen atoms in total. The molecule has 0 aliphatic rings. The van der Waals surface area contributed by atoms with Gasteiger partial charge in [0.25, 0.3) is 5.91 Å². The Hall–Kier alpha value is -3.17. The van der Waals surface area contributed by atoms with Crippen LogP contribution in [-0.2, 0) is 11.3 Å². The first-order chi connectivity index (χ1) is 13.0. The number of benzene rings is 2. The predicted octanol–water partition coefficient (Wildman–Crippen LogP) is 3.68. The molecular weight excluding hydrogens is 368 g/mol. The molecule has 0 fully saturated rings. The first-order valence-electron chi connectivity index (χ1n) is 8.16. The van der Waals surface area contributed by atoms with Gasteiger partial charge in [0.1, 0.15) is 17.4 Å². The maximum absolute atomic E-state index is 12.3. The van der Waals surface area contributed by atoms with Crippen LogP contribution in [0.3, 0.4) is 0 Å². The van der Waals surface area contributed by atoms with Crippen molar-refractivity contribution in [3.8, 4) is 23.3 Å². The molecule has 0 radical (unpaired) electrons. The van der Waals surface area contributed by atoms with E-state index in [-0.39, 0.29) is 28.6 Å². The molecule has 0 heterocycles. The molecule has 0 aromatic heterocycles. The van der Waals surface area contributed by atoms with Crippen molar-refractivity contribution in [2.45, 2.75) is 13.5 Å². The number of hydrogen-bond acceptors (Lipinski definition) is 5. The van der Waals surface area contributed by atoms with E-state index in [0.29, 0.717) is 12.2 Å². The molecule has 0 aliphatic carbocycles. The number of rotatable bonds is 7. The fourth-order valence-corrected chi connectivity index (χ4v) is 2.50. The van der Waals surface area contributed by atoms with Crippen LogP contribution in [0.25, 0.3) is 6.08 Å². The van der Waals surface area contributed by atoms with Crippen molar-refractivity contribution in [1.29, 1.82) is 5.26 Å². The molecule has 0 atom stereocenters. The molecule has 0 spiro atoms. The molecule has 2 aromatic rings. The Labute approximate surface area is 162 Å². The third-order valence-corrected chi connectivity index (χ3v) is 3.93. The lowest BCUT2D eigenvalue weighted by Gasteiger charge is -2.09. The molecule has 27 heavy (non-hydrogen) atoms. The Kier molecular flexibility index (Phi) is 7.09. The Balaban J connectivity index is 2.15. The molecule has 0 unspecified atom stereocenters. The number of nitrogens with zero attached hydrogens (tertiary/aromatic N) is 1. The molecule has 1 amide bonds. The minimum absolute atomic E-state index is 0.0723. The minimum Gasteiger partial charge on any atom is -0.503 e. The predicted molar refractivity (Wildman–Crippen MR) is 103 cm³/mol. The number of aromatic hydroxyl groups is 1. The van der Waals surface area contributed by atoms with Gasteiger partial charge in [-0.2, -0.15) is 5.26 Å². The molecule has 0 saturated carbocycles. The van der Waals surface area contributed by atoms with Crippen LogP contribution in [0.15, 0.2) is 42.0 Å². The molecule has 0 aliphatic heterocycles. The SMILES string of the molecule is CCOc1cc(/C=C(/C#N)C(=O)NCc2ccc(OC)cc2)cc(Cl)c1O. The summed E-state index contributed by atoms with van der Waals surface area (Å²) in [5.41, 5.74) is 1.25. The molecule has 7 heteroatoms. The second-order valence-electron chi connectivity index (χ2n) is 5.48. The first-order valence-corrected chi connectivity index (χ1v) is 8.54. The van der Waals surface area contributed by atoms with E-state index >= 15 is 0 Å². The zero-order valence-electron chi connectivity index (χ0n) is 15.0. The van der Waals surface area contributed by atoms with Crippen LogP contribution in [0, 0.1) is 11.3 Å². The highest BCUT2D eigenvalue weighted by Crippen LogP contribution is 2.35. The number of methoxy groups -OCH3 is 1. The highest BCUT2D eigenvalue weighted by atomic mass is 35.5. The minimum atomic E-state index is -0.518. The van der Waals surface area contributed by atoms with Crippen LogP contribution >= 0.6 is 11.6 Å². The third-order valence-electron chi connectivity index (χ3n) is 3.64. The van der Waals surface area contributed by atoms with Crippen LogP contribution in [0.5, 0.6) is 17.2 Å². The van der Waals surface area contributed by atoms with Crippen molar-refractivity contribution in [3.05, 3.63) is 58.1 Å². The normalized spacial score (nSPS) is 10.8. The van der Waals surface area contributed by atoms with Crippen molar-refractivity contribution >= 4 is 23.6 Å². The number of nitriles is 1. The van der Waals surface area contributed by atoms with Gasteiger partial charge in [-0.05, 0) is 48.4 Å². The number of amides is 1. The summed E-state index contributed by atoms with van der Waals surface area (Å²) in [4.78, 5) is 12.3. The topological polar surface area (TPSA) is 91.6 Å². The lowest BCUT2D eigenvalue weighted by atomic mass is 10.1. The molecule has 0 bridgehead atoms. The Morgan fingerprint density at radius 3 is 2.63 bits per heavy atom. The molecule has 2 N–H and O–H groups in total. The summed E-state index contributed by atoms with van der Waals surface area (Å²) in [7, 11) is 1.58. The summed E-state index contributed by atoms with van der Waals surface area (Å²) in [6.07, 6.45) is 1.39. The molecular formula is C20H19ClN2O4. The molecule has 0 saturated heterocycles. The summed E-state index contributed by atoms with van der Waals surface area (Å²) < 4.78 is 10.4. The van der Waals surface area contributed by atoms with Crippen LogP contribution in [0.4, 0.5) is 0 Å². The van der Waals surface area contributed by atoms with E-state index < -0.39 is 5.91 Å². The van der Waals surface area contributed by atoms with Crippen LogP contribution in [0.2, 0.25) is 5.02 Å². The molecule has 140 valence electrons. The number of phenolic OH excluding ortho intramolecular Hbond substituents is 1. The molecule has 2 rings (SSSR count). The Morgan fingerprint density at radius 1 is 1.33 bits per heavy atom. The number of ether oxygens (including phenoxy) is 2. The summed E-state index contributed by atoms with van der Waals surface area (Å²) in [6.45, 7) is 2.37. The maximum atomic E-state index is 12.3. The average Bonchev–Trinajstić information content (AvgIpc) is 2.68. The quantitative estimate of drug-likeness (QED) is 0.559. The fraction of sp³-hybridized carbons (Fsp3) is 0.200. The van der Waals surface area contributed by atoms with Gasteiger partial charge in [-0.15, -0.1) is 0 Å². The van der Waals surface area contributed by atoms with E-state index in [0.717, 1.165) is 11.3 Å². The Bertz CT molecular complexity index is 886. The van der Waals surface area contributed by atoms with Gasteiger partial charge in [0.05, 0.1) is 18.7 Å². The lowest BCUT2D eigenvalue weighted by molar-refractivity contribution is -0.117. The number of phenols is 1. The number of hydrogen-bond donors (Lipinski definition) is 2. The second kappa shape index (κ2) is 9.51. The van der Waals surface area contributed by atoms with Gasteiger partial charge in [0.15, 0.2) is 11.5 Å². The van der Waals surface area contributed by atoms with Crippen LogP contribution in [0.1, 0.15) is 18.1 Å². The van der Waals surface area contributed by atoms with E-state index in [2.05, 4.69) is 5.32 Å². The molecule has 2 aromatic carbocycles. The van der Waals surface area contributed by atoms with Gasteiger partial charge in [0, 0.05) is 6.54 Å². The van der Waals surface area contributed by atoms with Gasteiger partial charge in [0.2, 0.25) is 0 Å². The summed E-state index contributed by atoms with van der Waals surface area (Å²) in [5.74, 6) is 0.206. The standard InChI is InChI=1S/C20H19ClN2O4/c1-3-27-18-10-14(9-17(21)19(18)24)8-15(11-22)20(25)23-12-13-4-6-16(26-2)7-5-13/h4-10,24H,3,12H2,1-2H3,(H,23,25)/b15-8-. The number of carbonyl (C=O) groups excluding carboxylic acids is 1. The van der Waals surface area contributed by atoms with Gasteiger partial charge >= 0.3 is 0 Å². The van der Waals surface area contributed by atoms with Gasteiger partial charge in [-0.3, -0.25) is 4.79 Å². The van der Waals surface area contributed by atoms with Crippen molar-refractivity contribution in [2.75, 3.05) is 13.7 Å². The van der Waals surface area contributed by atoms with Crippen LogP contribution in [-0.4, -0.2) is 24.7 Å². The van der Waals surface area contributed by atoms with Gasteiger partial charge in [-0.1, -0.05) is 23.7 Å². The smallest absolute Gasteiger partial charge is 0.262 e. The van der Waals surface area contributed by atoms with E-state index in [4.69, 9.17) is 21.1 Å². The zero-order valence-corrected chi connectivity index (χ0v) is 15.7. The number of carbonyl (C=O) groups is 1. The summed E-state index contributed by atoms with van der Waals surface area (Å²) in [5, 5.41) is 21.9. The van der Waals surface area contributed by atoms with E-state index in [1.54, 1.807) is 26.2 Å². The highest BCUT2D eigenvalue weighted by Gasteiger charge is 2.12. The van der Waals surface area contributed by atoms with Gasteiger partial charge in [-0.25, -0.2) is 0 Å². The van der Waals surface area contributed by atoms with Crippen molar-refractivity contribution in [1.82, 2.24) is 5.32 Å². The zero-order chi connectivity index (χ0) is 19.8. The largest absolute Gasteiger partial charge is 0.503 e. The monoisotopic (exact) mass is 386 g/mol. The highest BCUT2D eigenvalue weighted by molar-refractivity contribution is 6.32. The first kappa shape index (κ1) is 20.1. The van der Waals surface area contributed by atoms with E-state index in [9.17, 15) is 15.2 Å². The van der Waals surface area contributed by atoms with Crippen molar-refractivity contribution in [2.24, 2.45) is 0 Å². The number of halogens is 1.